The Bertz CT molecular complexity index is 522. The van der Waals surface area contributed by atoms with Crippen LogP contribution in [-0.2, 0) is 12.8 Å². The number of nitrogens with one attached hydrogen (secondary N) is 1. The van der Waals surface area contributed by atoms with E-state index in [0.29, 0.717) is 0 Å². The molecular weight excluding hydrogens is 367 g/mol. The molecule has 1 aromatic heterocycles. The van der Waals surface area contributed by atoms with Crippen molar-refractivity contribution in [2.24, 2.45) is 0 Å². The fourth-order valence-corrected chi connectivity index (χ4v) is 2.40. The zero-order chi connectivity index (χ0) is 12.3. The van der Waals surface area contributed by atoms with Gasteiger partial charge in [0.15, 0.2) is 0 Å². The molecule has 1 heterocycles. The van der Waals surface area contributed by atoms with Gasteiger partial charge in [-0.25, -0.2) is 0 Å². The average Bonchev–Trinajstić information content (AvgIpc) is 2.68. The minimum Gasteiger partial charge on any atom is -0.281 e. The second-order valence-corrected chi connectivity index (χ2v) is 5.89. The Morgan fingerprint density at radius 1 is 1.29 bits per heavy atom. The van der Waals surface area contributed by atoms with Crippen LogP contribution in [0.1, 0.15) is 11.3 Å². The molecule has 0 aliphatic carbocycles. The maximum absolute atomic E-state index is 5.84. The van der Waals surface area contributed by atoms with Gasteiger partial charge in [0.1, 0.15) is 0 Å². The number of rotatable bonds is 4. The van der Waals surface area contributed by atoms with Crippen molar-refractivity contribution in [2.75, 3.05) is 0 Å². The van der Waals surface area contributed by atoms with E-state index in [0.717, 1.165) is 32.0 Å². The SMILES string of the molecule is S=C(Cc1ccc(Cl)cc1)Cc1[nH]ncc1I. The first-order valence-corrected chi connectivity index (χ1v) is 6.95. The molecule has 1 aromatic carbocycles. The van der Waals surface area contributed by atoms with Crippen LogP contribution in [0.15, 0.2) is 30.5 Å². The Balaban J connectivity index is 1.98. The van der Waals surface area contributed by atoms with Gasteiger partial charge in [0.2, 0.25) is 0 Å². The van der Waals surface area contributed by atoms with Crippen LogP contribution >= 0.6 is 46.4 Å². The quantitative estimate of drug-likeness (QED) is 0.649. The van der Waals surface area contributed by atoms with E-state index in [4.69, 9.17) is 23.8 Å². The summed E-state index contributed by atoms with van der Waals surface area (Å²) >= 11 is 13.5. The molecule has 0 unspecified atom stereocenters. The molecular formula is C12H10ClIN2S. The number of H-pyrrole nitrogens is 1. The molecule has 2 aromatic rings. The molecule has 17 heavy (non-hydrogen) atoms. The summed E-state index contributed by atoms with van der Waals surface area (Å²) in [6.07, 6.45) is 3.36. The molecule has 0 saturated heterocycles. The van der Waals surface area contributed by atoms with Crippen LogP contribution in [0.5, 0.6) is 0 Å². The molecule has 0 radical (unpaired) electrons. The van der Waals surface area contributed by atoms with Crippen LogP contribution in [0.3, 0.4) is 0 Å². The third-order valence-electron chi connectivity index (χ3n) is 2.35. The fraction of sp³-hybridized carbons (Fsp3) is 0.167. The summed E-state index contributed by atoms with van der Waals surface area (Å²) in [7, 11) is 0. The number of thiocarbonyl (C=S) groups is 1. The van der Waals surface area contributed by atoms with E-state index in [1.165, 1.54) is 5.56 Å². The van der Waals surface area contributed by atoms with Crippen molar-refractivity contribution in [1.29, 1.82) is 0 Å². The molecule has 0 bridgehead atoms. The third-order valence-corrected chi connectivity index (χ3v) is 3.82. The van der Waals surface area contributed by atoms with Gasteiger partial charge < -0.3 is 0 Å². The van der Waals surface area contributed by atoms with E-state index < -0.39 is 0 Å². The molecule has 2 rings (SSSR count). The molecule has 0 aliphatic rings. The van der Waals surface area contributed by atoms with Crippen molar-refractivity contribution in [3.63, 3.8) is 0 Å². The van der Waals surface area contributed by atoms with Crippen LogP contribution in [0.4, 0.5) is 0 Å². The van der Waals surface area contributed by atoms with Gasteiger partial charge in [-0.1, -0.05) is 36.0 Å². The molecule has 1 N–H and O–H groups in total. The van der Waals surface area contributed by atoms with E-state index in [1.54, 1.807) is 6.20 Å². The molecule has 0 aliphatic heterocycles. The minimum absolute atomic E-state index is 0.753. The van der Waals surface area contributed by atoms with Crippen LogP contribution < -0.4 is 0 Å². The van der Waals surface area contributed by atoms with Gasteiger partial charge in [-0.05, 0) is 40.3 Å². The van der Waals surface area contributed by atoms with Gasteiger partial charge in [-0.3, -0.25) is 5.10 Å². The molecule has 0 spiro atoms. The van der Waals surface area contributed by atoms with E-state index in [2.05, 4.69) is 32.8 Å². The Labute approximate surface area is 124 Å². The maximum atomic E-state index is 5.84. The van der Waals surface area contributed by atoms with Crippen LogP contribution in [-0.4, -0.2) is 15.1 Å². The highest BCUT2D eigenvalue weighted by Gasteiger charge is 2.06. The lowest BCUT2D eigenvalue weighted by Crippen LogP contribution is -2.05. The fourth-order valence-electron chi connectivity index (χ4n) is 1.51. The number of hydrogen-bond acceptors (Lipinski definition) is 2. The van der Waals surface area contributed by atoms with Gasteiger partial charge in [-0.2, -0.15) is 5.10 Å². The predicted octanol–water partition coefficient (Wildman–Crippen LogP) is 3.82. The summed E-state index contributed by atoms with van der Waals surface area (Å²) in [6, 6.07) is 7.79. The topological polar surface area (TPSA) is 28.7 Å². The summed E-state index contributed by atoms with van der Waals surface area (Å²) in [4.78, 5) is 0.995. The lowest BCUT2D eigenvalue weighted by Gasteiger charge is -2.03. The number of aromatic amines is 1. The second kappa shape index (κ2) is 5.93. The summed E-state index contributed by atoms with van der Waals surface area (Å²) < 4.78 is 1.13. The zero-order valence-corrected chi connectivity index (χ0v) is 12.6. The van der Waals surface area contributed by atoms with Gasteiger partial charge in [0.05, 0.1) is 15.5 Å². The second-order valence-electron chi connectivity index (χ2n) is 3.72. The number of hydrogen-bond donors (Lipinski definition) is 1. The number of benzene rings is 1. The van der Waals surface area contributed by atoms with Gasteiger partial charge in [0, 0.05) is 22.7 Å². The Morgan fingerprint density at radius 3 is 2.59 bits per heavy atom. The summed E-state index contributed by atoms with van der Waals surface area (Å²) in [5.74, 6) is 0. The first-order valence-electron chi connectivity index (χ1n) is 5.09. The Hall–Kier alpha value is -0.460. The largest absolute Gasteiger partial charge is 0.281 e. The molecule has 0 fully saturated rings. The van der Waals surface area contributed by atoms with Crippen molar-refractivity contribution in [3.8, 4) is 0 Å². The van der Waals surface area contributed by atoms with Gasteiger partial charge in [0.25, 0.3) is 0 Å². The number of aromatic nitrogens is 2. The molecule has 88 valence electrons. The van der Waals surface area contributed by atoms with E-state index in [1.807, 2.05) is 24.3 Å². The zero-order valence-electron chi connectivity index (χ0n) is 8.91. The Morgan fingerprint density at radius 2 is 2.00 bits per heavy atom. The highest BCUT2D eigenvalue weighted by atomic mass is 127. The van der Waals surface area contributed by atoms with E-state index >= 15 is 0 Å². The van der Waals surface area contributed by atoms with Crippen LogP contribution in [0, 0.1) is 3.57 Å². The van der Waals surface area contributed by atoms with Crippen LogP contribution in [0.25, 0.3) is 0 Å². The van der Waals surface area contributed by atoms with Crippen molar-refractivity contribution in [3.05, 3.63) is 50.3 Å². The van der Waals surface area contributed by atoms with Crippen molar-refractivity contribution in [2.45, 2.75) is 12.8 Å². The first-order chi connectivity index (χ1) is 8.15. The molecule has 0 amide bonds. The lowest BCUT2D eigenvalue weighted by atomic mass is 10.1. The minimum atomic E-state index is 0.753. The number of halogens is 2. The van der Waals surface area contributed by atoms with Gasteiger partial charge >= 0.3 is 0 Å². The summed E-state index contributed by atoms with van der Waals surface area (Å²) in [5, 5.41) is 7.70. The highest BCUT2D eigenvalue weighted by Crippen LogP contribution is 2.13. The van der Waals surface area contributed by atoms with Crippen molar-refractivity contribution >= 4 is 51.3 Å². The standard InChI is InChI=1S/C12H10ClIN2S/c13-9-3-1-8(2-4-9)5-10(17)6-12-11(14)7-15-16-12/h1-4,7H,5-6H2,(H,15,16). The van der Waals surface area contributed by atoms with Crippen LogP contribution in [0.2, 0.25) is 5.02 Å². The molecule has 0 saturated carbocycles. The average molecular weight is 377 g/mol. The monoisotopic (exact) mass is 376 g/mol. The predicted molar refractivity (Wildman–Crippen MR) is 82.8 cm³/mol. The lowest BCUT2D eigenvalue weighted by molar-refractivity contribution is 1.02. The highest BCUT2D eigenvalue weighted by molar-refractivity contribution is 14.1. The van der Waals surface area contributed by atoms with E-state index in [9.17, 15) is 0 Å². The van der Waals surface area contributed by atoms with Gasteiger partial charge in [-0.15, -0.1) is 0 Å². The number of nitrogens with zero attached hydrogens (tertiary/aromatic N) is 1. The Kier molecular flexibility index (Phi) is 4.53. The normalized spacial score (nSPS) is 10.5. The van der Waals surface area contributed by atoms with Crippen molar-refractivity contribution < 1.29 is 0 Å². The van der Waals surface area contributed by atoms with Crippen molar-refractivity contribution in [1.82, 2.24) is 10.2 Å². The molecule has 5 heteroatoms. The molecule has 2 nitrogen and oxygen atoms in total. The van der Waals surface area contributed by atoms with E-state index in [-0.39, 0.29) is 0 Å². The summed E-state index contributed by atoms with van der Waals surface area (Å²) in [5.41, 5.74) is 2.28. The maximum Gasteiger partial charge on any atom is 0.0624 e. The summed E-state index contributed by atoms with van der Waals surface area (Å²) in [6.45, 7) is 0. The first kappa shape index (κ1) is 13.0. The molecule has 0 atom stereocenters. The smallest absolute Gasteiger partial charge is 0.0624 e. The third kappa shape index (κ3) is 3.76.